The van der Waals surface area contributed by atoms with E-state index in [0.717, 1.165) is 31.7 Å². The summed E-state index contributed by atoms with van der Waals surface area (Å²) in [6.45, 7) is 0. The van der Waals surface area contributed by atoms with Crippen molar-refractivity contribution in [3.05, 3.63) is 29.6 Å². The Morgan fingerprint density at radius 1 is 1.35 bits per heavy atom. The van der Waals surface area contributed by atoms with Crippen molar-refractivity contribution in [2.45, 2.75) is 43.9 Å². The number of halogens is 1. The summed E-state index contributed by atoms with van der Waals surface area (Å²) in [5.74, 6) is -1.88. The molecule has 2 bridgehead atoms. The van der Waals surface area contributed by atoms with Gasteiger partial charge in [-0.3, -0.25) is 0 Å². The fraction of sp³-hybridized carbons (Fsp3) is 0.533. The number of piperidine rings is 1. The van der Waals surface area contributed by atoms with Gasteiger partial charge in [0.05, 0.1) is 0 Å². The van der Waals surface area contributed by atoms with E-state index >= 15 is 0 Å². The molecule has 2 fully saturated rings. The van der Waals surface area contributed by atoms with Crippen molar-refractivity contribution < 1.29 is 19.0 Å². The minimum atomic E-state index is -1.28. The number of benzene rings is 1. The van der Waals surface area contributed by atoms with E-state index in [9.17, 15) is 9.18 Å². The Labute approximate surface area is 117 Å². The van der Waals surface area contributed by atoms with Gasteiger partial charge in [0.1, 0.15) is 23.2 Å². The van der Waals surface area contributed by atoms with Crippen LogP contribution in [0.15, 0.2) is 18.2 Å². The topological polar surface area (TPSA) is 49.8 Å². The summed E-state index contributed by atoms with van der Waals surface area (Å²) in [4.78, 5) is 13.5. The number of rotatable bonds is 3. The van der Waals surface area contributed by atoms with Crippen molar-refractivity contribution in [2.24, 2.45) is 0 Å². The van der Waals surface area contributed by atoms with E-state index in [4.69, 9.17) is 9.84 Å². The van der Waals surface area contributed by atoms with Gasteiger partial charge in [-0.05, 0) is 44.9 Å². The number of carbonyl (C=O) groups is 1. The molecule has 2 aliphatic rings. The molecule has 20 heavy (non-hydrogen) atoms. The lowest BCUT2D eigenvalue weighted by Gasteiger charge is -2.36. The first-order valence-electron chi connectivity index (χ1n) is 6.96. The molecule has 0 aliphatic carbocycles. The quantitative estimate of drug-likeness (QED) is 0.923. The van der Waals surface area contributed by atoms with Crippen LogP contribution in [0.5, 0.6) is 5.75 Å². The van der Waals surface area contributed by atoms with Gasteiger partial charge < -0.3 is 14.7 Å². The van der Waals surface area contributed by atoms with Gasteiger partial charge in [-0.2, -0.15) is 0 Å². The Kier molecular flexibility index (Phi) is 3.38. The van der Waals surface area contributed by atoms with Gasteiger partial charge in [-0.15, -0.1) is 0 Å². The molecule has 4 nitrogen and oxygen atoms in total. The SMILES string of the molecule is CN1C2CCC1CC(Oc1cccc(F)c1C(=O)O)C2. The number of fused-ring (bicyclic) bond motifs is 2. The largest absolute Gasteiger partial charge is 0.489 e. The van der Waals surface area contributed by atoms with Gasteiger partial charge in [0.2, 0.25) is 0 Å². The molecule has 2 heterocycles. The third-order valence-corrected chi connectivity index (χ3v) is 4.54. The van der Waals surface area contributed by atoms with Crippen molar-refractivity contribution in [2.75, 3.05) is 7.05 Å². The predicted octanol–water partition coefficient (Wildman–Crippen LogP) is 2.53. The first-order valence-corrected chi connectivity index (χ1v) is 6.96. The number of aromatic carboxylic acids is 1. The summed E-state index contributed by atoms with van der Waals surface area (Å²) < 4.78 is 19.4. The summed E-state index contributed by atoms with van der Waals surface area (Å²) in [6.07, 6.45) is 4.06. The normalized spacial score (nSPS) is 29.4. The molecule has 2 saturated heterocycles. The van der Waals surface area contributed by atoms with Crippen LogP contribution in [0.25, 0.3) is 0 Å². The Hall–Kier alpha value is -1.62. The Bertz CT molecular complexity index is 520. The van der Waals surface area contributed by atoms with Crippen molar-refractivity contribution >= 4 is 5.97 Å². The molecular formula is C15H18FNO3. The first-order chi connectivity index (χ1) is 9.56. The first kappa shape index (κ1) is 13.4. The third-order valence-electron chi connectivity index (χ3n) is 4.54. The molecular weight excluding hydrogens is 261 g/mol. The molecule has 2 unspecified atom stereocenters. The minimum Gasteiger partial charge on any atom is -0.489 e. The summed E-state index contributed by atoms with van der Waals surface area (Å²) in [7, 11) is 2.13. The standard InChI is InChI=1S/C15H18FNO3/c1-17-9-5-6-10(17)8-11(7-9)20-13-4-2-3-12(16)14(13)15(18)19/h2-4,9-11H,5-8H2,1H3,(H,18,19). The molecule has 1 N–H and O–H groups in total. The van der Waals surface area contributed by atoms with Crippen molar-refractivity contribution in [3.8, 4) is 5.75 Å². The van der Waals surface area contributed by atoms with E-state index in [1.54, 1.807) is 0 Å². The molecule has 3 rings (SSSR count). The highest BCUT2D eigenvalue weighted by molar-refractivity contribution is 5.91. The lowest BCUT2D eigenvalue weighted by molar-refractivity contribution is 0.0600. The summed E-state index contributed by atoms with van der Waals surface area (Å²) >= 11 is 0. The smallest absolute Gasteiger partial charge is 0.342 e. The molecule has 0 saturated carbocycles. The van der Waals surface area contributed by atoms with Gasteiger partial charge in [0, 0.05) is 12.1 Å². The van der Waals surface area contributed by atoms with Crippen LogP contribution >= 0.6 is 0 Å². The van der Waals surface area contributed by atoms with Gasteiger partial charge >= 0.3 is 5.97 Å². The number of ether oxygens (including phenoxy) is 1. The summed E-state index contributed by atoms with van der Waals surface area (Å²) in [5.41, 5.74) is -0.362. The second-order valence-electron chi connectivity index (χ2n) is 5.68. The van der Waals surface area contributed by atoms with Crippen LogP contribution in [0.3, 0.4) is 0 Å². The molecule has 2 atom stereocenters. The zero-order valence-corrected chi connectivity index (χ0v) is 11.4. The van der Waals surface area contributed by atoms with E-state index in [1.807, 2.05) is 0 Å². The lowest BCUT2D eigenvalue weighted by atomic mass is 10.0. The maximum Gasteiger partial charge on any atom is 0.342 e. The van der Waals surface area contributed by atoms with Gasteiger partial charge in [0.25, 0.3) is 0 Å². The van der Waals surface area contributed by atoms with E-state index in [-0.39, 0.29) is 17.4 Å². The summed E-state index contributed by atoms with van der Waals surface area (Å²) in [6, 6.07) is 5.17. The highest BCUT2D eigenvalue weighted by Gasteiger charge is 2.39. The Balaban J connectivity index is 1.79. The van der Waals surface area contributed by atoms with Gasteiger partial charge in [-0.1, -0.05) is 6.07 Å². The lowest BCUT2D eigenvalue weighted by Crippen LogP contribution is -2.44. The second-order valence-corrected chi connectivity index (χ2v) is 5.68. The highest BCUT2D eigenvalue weighted by Crippen LogP contribution is 2.36. The van der Waals surface area contributed by atoms with Crippen LogP contribution in [-0.4, -0.2) is 41.2 Å². The summed E-state index contributed by atoms with van der Waals surface area (Å²) in [5, 5.41) is 9.11. The molecule has 0 spiro atoms. The van der Waals surface area contributed by atoms with Crippen LogP contribution in [0.4, 0.5) is 4.39 Å². The monoisotopic (exact) mass is 279 g/mol. The molecule has 5 heteroatoms. The number of carboxylic acid groups (broad SMARTS) is 1. The maximum absolute atomic E-state index is 13.6. The van der Waals surface area contributed by atoms with Crippen LogP contribution in [-0.2, 0) is 0 Å². The van der Waals surface area contributed by atoms with Gasteiger partial charge in [0.15, 0.2) is 0 Å². The molecule has 108 valence electrons. The number of carboxylic acids is 1. The fourth-order valence-corrected chi connectivity index (χ4v) is 3.45. The van der Waals surface area contributed by atoms with E-state index in [0.29, 0.717) is 12.1 Å². The van der Waals surface area contributed by atoms with Gasteiger partial charge in [-0.25, -0.2) is 9.18 Å². The number of nitrogens with zero attached hydrogens (tertiary/aromatic N) is 1. The minimum absolute atomic E-state index is 0.0244. The molecule has 2 aliphatic heterocycles. The van der Waals surface area contributed by atoms with Crippen molar-refractivity contribution in [3.63, 3.8) is 0 Å². The third kappa shape index (κ3) is 2.26. The van der Waals surface area contributed by atoms with Crippen molar-refractivity contribution in [1.29, 1.82) is 0 Å². The highest BCUT2D eigenvalue weighted by atomic mass is 19.1. The molecule has 0 radical (unpaired) electrons. The average Bonchev–Trinajstić information content (AvgIpc) is 2.62. The Morgan fingerprint density at radius 3 is 2.60 bits per heavy atom. The fourth-order valence-electron chi connectivity index (χ4n) is 3.45. The van der Waals surface area contributed by atoms with E-state index < -0.39 is 11.8 Å². The zero-order chi connectivity index (χ0) is 14.3. The van der Waals surface area contributed by atoms with Crippen LogP contribution in [0.2, 0.25) is 0 Å². The molecule has 1 aromatic rings. The van der Waals surface area contributed by atoms with Crippen LogP contribution < -0.4 is 4.74 Å². The Morgan fingerprint density at radius 2 is 2.00 bits per heavy atom. The number of hydrogen-bond acceptors (Lipinski definition) is 3. The van der Waals surface area contributed by atoms with E-state index in [1.165, 1.54) is 12.1 Å². The molecule has 0 aromatic heterocycles. The number of hydrogen-bond donors (Lipinski definition) is 1. The average molecular weight is 279 g/mol. The molecule has 0 amide bonds. The predicted molar refractivity (Wildman–Crippen MR) is 71.6 cm³/mol. The zero-order valence-electron chi connectivity index (χ0n) is 11.4. The maximum atomic E-state index is 13.6. The van der Waals surface area contributed by atoms with Crippen LogP contribution in [0, 0.1) is 5.82 Å². The molecule has 1 aromatic carbocycles. The van der Waals surface area contributed by atoms with Crippen molar-refractivity contribution in [1.82, 2.24) is 4.90 Å². The van der Waals surface area contributed by atoms with E-state index in [2.05, 4.69) is 11.9 Å². The van der Waals surface area contributed by atoms with Crippen LogP contribution in [0.1, 0.15) is 36.0 Å². The second kappa shape index (κ2) is 5.05.